The van der Waals surface area contributed by atoms with Crippen molar-refractivity contribution >= 4 is 33.6 Å². The number of halogens is 1. The third-order valence-electron chi connectivity index (χ3n) is 3.17. The molecule has 3 heterocycles. The zero-order chi connectivity index (χ0) is 14.4. The molecule has 7 nitrogen and oxygen atoms in total. The summed E-state index contributed by atoms with van der Waals surface area (Å²) in [6, 6.07) is 3.07. The fraction of sp³-hybridized carbons (Fsp3) is 0.0769. The summed E-state index contributed by atoms with van der Waals surface area (Å²) in [5.41, 5.74) is 2.44. The number of aryl methyl sites for hydroxylation is 1. The lowest BCUT2D eigenvalue weighted by Crippen LogP contribution is -1.93. The molecule has 0 aliphatic rings. The van der Waals surface area contributed by atoms with Gasteiger partial charge in [-0.15, -0.1) is 0 Å². The Morgan fingerprint density at radius 1 is 1.24 bits per heavy atom. The Morgan fingerprint density at radius 3 is 3.00 bits per heavy atom. The van der Waals surface area contributed by atoms with Gasteiger partial charge in [-0.3, -0.25) is 5.10 Å². The molecule has 3 aromatic heterocycles. The Labute approximate surface area is 117 Å². The van der Waals surface area contributed by atoms with Gasteiger partial charge in [-0.1, -0.05) is 5.16 Å². The van der Waals surface area contributed by atoms with Gasteiger partial charge in [0.25, 0.3) is 0 Å². The Kier molecular flexibility index (Phi) is 2.37. The highest BCUT2D eigenvalue weighted by Gasteiger charge is 2.13. The maximum absolute atomic E-state index is 14.0. The second-order valence-electron chi connectivity index (χ2n) is 4.55. The van der Waals surface area contributed by atoms with E-state index < -0.39 is 5.82 Å². The van der Waals surface area contributed by atoms with Gasteiger partial charge >= 0.3 is 0 Å². The number of nitrogens with one attached hydrogen (secondary N) is 2. The van der Waals surface area contributed by atoms with Gasteiger partial charge in [-0.25, -0.2) is 14.4 Å². The van der Waals surface area contributed by atoms with E-state index in [4.69, 9.17) is 4.52 Å². The van der Waals surface area contributed by atoms with Gasteiger partial charge in [-0.2, -0.15) is 5.10 Å². The SMILES string of the molecule is Cc1noc2c(F)cc(Nc3n[nH]c4nccnc34)cc12. The largest absolute Gasteiger partial charge is 0.353 e. The lowest BCUT2D eigenvalue weighted by molar-refractivity contribution is 0.435. The molecule has 21 heavy (non-hydrogen) atoms. The molecule has 0 saturated heterocycles. The summed E-state index contributed by atoms with van der Waals surface area (Å²) in [5, 5.41) is 14.2. The minimum absolute atomic E-state index is 0.143. The van der Waals surface area contributed by atoms with Crippen LogP contribution in [0.15, 0.2) is 29.0 Å². The molecule has 0 saturated carbocycles. The molecule has 0 unspecified atom stereocenters. The Bertz CT molecular complexity index is 960. The molecule has 4 rings (SSSR count). The second-order valence-corrected chi connectivity index (χ2v) is 4.55. The summed E-state index contributed by atoms with van der Waals surface area (Å²) in [6.07, 6.45) is 3.13. The Morgan fingerprint density at radius 2 is 2.10 bits per heavy atom. The van der Waals surface area contributed by atoms with Crippen molar-refractivity contribution in [3.05, 3.63) is 36.0 Å². The summed E-state index contributed by atoms with van der Waals surface area (Å²) in [7, 11) is 0. The molecular formula is C13H9FN6O. The Hall–Kier alpha value is -3.03. The zero-order valence-corrected chi connectivity index (χ0v) is 10.9. The van der Waals surface area contributed by atoms with E-state index in [2.05, 4.69) is 30.6 Å². The molecule has 0 aliphatic heterocycles. The van der Waals surface area contributed by atoms with Crippen molar-refractivity contribution in [2.45, 2.75) is 6.92 Å². The van der Waals surface area contributed by atoms with Crippen LogP contribution in [0.25, 0.3) is 22.1 Å². The normalized spacial score (nSPS) is 11.3. The van der Waals surface area contributed by atoms with Crippen LogP contribution in [-0.2, 0) is 0 Å². The summed E-state index contributed by atoms with van der Waals surface area (Å²) in [6.45, 7) is 1.75. The van der Waals surface area contributed by atoms with Gasteiger partial charge in [0.1, 0.15) is 0 Å². The van der Waals surface area contributed by atoms with E-state index in [0.717, 1.165) is 0 Å². The molecule has 0 spiro atoms. The van der Waals surface area contributed by atoms with Gasteiger partial charge in [0.15, 0.2) is 22.8 Å². The molecule has 2 N–H and O–H groups in total. The van der Waals surface area contributed by atoms with E-state index >= 15 is 0 Å². The van der Waals surface area contributed by atoms with E-state index in [-0.39, 0.29) is 5.58 Å². The number of nitrogens with zero attached hydrogens (tertiary/aromatic N) is 4. The molecule has 8 heteroatoms. The number of hydrogen-bond acceptors (Lipinski definition) is 6. The molecule has 0 aliphatic carbocycles. The zero-order valence-electron chi connectivity index (χ0n) is 10.9. The van der Waals surface area contributed by atoms with Crippen LogP contribution in [0, 0.1) is 12.7 Å². The van der Waals surface area contributed by atoms with E-state index in [9.17, 15) is 4.39 Å². The van der Waals surface area contributed by atoms with Crippen molar-refractivity contribution in [1.29, 1.82) is 0 Å². The number of fused-ring (bicyclic) bond motifs is 2. The quantitative estimate of drug-likeness (QED) is 0.588. The predicted octanol–water partition coefficient (Wildman–Crippen LogP) is 2.69. The van der Waals surface area contributed by atoms with Crippen molar-refractivity contribution < 1.29 is 8.91 Å². The molecular weight excluding hydrogens is 275 g/mol. The van der Waals surface area contributed by atoms with Gasteiger partial charge in [0.05, 0.1) is 5.69 Å². The third-order valence-corrected chi connectivity index (χ3v) is 3.17. The maximum Gasteiger partial charge on any atom is 0.202 e. The van der Waals surface area contributed by atoms with Crippen LogP contribution in [-0.4, -0.2) is 25.3 Å². The van der Waals surface area contributed by atoms with E-state index in [1.807, 2.05) is 0 Å². The van der Waals surface area contributed by atoms with Gasteiger partial charge in [0.2, 0.25) is 5.58 Å². The lowest BCUT2D eigenvalue weighted by Gasteiger charge is -2.03. The van der Waals surface area contributed by atoms with Crippen LogP contribution in [0.4, 0.5) is 15.9 Å². The summed E-state index contributed by atoms with van der Waals surface area (Å²) < 4.78 is 18.9. The number of hydrogen-bond donors (Lipinski definition) is 2. The molecule has 0 fully saturated rings. The number of aromatic nitrogens is 5. The Balaban J connectivity index is 1.82. The number of H-pyrrole nitrogens is 1. The average Bonchev–Trinajstić information content (AvgIpc) is 3.05. The van der Waals surface area contributed by atoms with Crippen molar-refractivity contribution in [2.75, 3.05) is 5.32 Å². The van der Waals surface area contributed by atoms with E-state index in [1.165, 1.54) is 6.07 Å². The smallest absolute Gasteiger partial charge is 0.202 e. The van der Waals surface area contributed by atoms with Crippen molar-refractivity contribution in [2.24, 2.45) is 0 Å². The highest BCUT2D eigenvalue weighted by atomic mass is 19.1. The second kappa shape index (κ2) is 4.23. The molecule has 1 aromatic carbocycles. The van der Waals surface area contributed by atoms with Gasteiger partial charge < -0.3 is 9.84 Å². The van der Waals surface area contributed by atoms with Gasteiger partial charge in [0, 0.05) is 29.5 Å². The fourth-order valence-electron chi connectivity index (χ4n) is 2.17. The van der Waals surface area contributed by atoms with Crippen molar-refractivity contribution in [3.63, 3.8) is 0 Å². The number of aromatic amines is 1. The number of anilines is 2. The summed E-state index contributed by atoms with van der Waals surface area (Å²) in [5.74, 6) is -0.00696. The molecule has 0 amide bonds. The van der Waals surface area contributed by atoms with Crippen LogP contribution >= 0.6 is 0 Å². The van der Waals surface area contributed by atoms with Gasteiger partial charge in [-0.05, 0) is 13.0 Å². The highest BCUT2D eigenvalue weighted by Crippen LogP contribution is 2.28. The third kappa shape index (κ3) is 1.80. The summed E-state index contributed by atoms with van der Waals surface area (Å²) in [4.78, 5) is 8.28. The van der Waals surface area contributed by atoms with E-state index in [1.54, 1.807) is 25.4 Å². The predicted molar refractivity (Wildman–Crippen MR) is 73.7 cm³/mol. The minimum atomic E-state index is -0.485. The molecule has 104 valence electrons. The topological polar surface area (TPSA) is 92.5 Å². The summed E-state index contributed by atoms with van der Waals surface area (Å²) >= 11 is 0. The maximum atomic E-state index is 14.0. The number of benzene rings is 1. The van der Waals surface area contributed by atoms with Crippen LogP contribution in [0.5, 0.6) is 0 Å². The average molecular weight is 284 g/mol. The standard InChI is InChI=1S/C13H9FN6O/c1-6-8-4-7(5-9(14)11(8)21-20-6)17-13-10-12(18-19-13)16-3-2-15-10/h2-5H,1H3,(H2,16,17,18,19). The first-order valence-electron chi connectivity index (χ1n) is 6.20. The molecule has 0 bridgehead atoms. The van der Waals surface area contributed by atoms with Crippen molar-refractivity contribution in [1.82, 2.24) is 25.3 Å². The minimum Gasteiger partial charge on any atom is -0.353 e. The van der Waals surface area contributed by atoms with Crippen LogP contribution in [0.2, 0.25) is 0 Å². The monoisotopic (exact) mass is 284 g/mol. The molecule has 0 radical (unpaired) electrons. The lowest BCUT2D eigenvalue weighted by atomic mass is 10.2. The first-order valence-corrected chi connectivity index (χ1v) is 6.20. The molecule has 4 aromatic rings. The van der Waals surface area contributed by atoms with Crippen molar-refractivity contribution in [3.8, 4) is 0 Å². The van der Waals surface area contributed by atoms with E-state index in [0.29, 0.717) is 33.7 Å². The van der Waals surface area contributed by atoms with Crippen LogP contribution in [0.1, 0.15) is 5.69 Å². The first kappa shape index (κ1) is 11.8. The first-order chi connectivity index (χ1) is 10.2. The highest BCUT2D eigenvalue weighted by molar-refractivity contribution is 5.88. The fourth-order valence-corrected chi connectivity index (χ4v) is 2.17. The number of rotatable bonds is 2. The van der Waals surface area contributed by atoms with Crippen LogP contribution in [0.3, 0.4) is 0 Å². The molecule has 0 atom stereocenters. The van der Waals surface area contributed by atoms with Crippen LogP contribution < -0.4 is 5.32 Å².